The number of hydrogen-bond acceptors (Lipinski definition) is 5. The van der Waals surface area contributed by atoms with Crippen LogP contribution < -0.4 is 5.32 Å². The molecule has 0 bridgehead atoms. The quantitative estimate of drug-likeness (QED) is 0.710. The summed E-state index contributed by atoms with van der Waals surface area (Å²) in [6.07, 6.45) is 0. The van der Waals surface area contributed by atoms with Crippen molar-refractivity contribution in [1.29, 1.82) is 0 Å². The third-order valence-corrected chi connectivity index (χ3v) is 2.35. The number of esters is 1. The summed E-state index contributed by atoms with van der Waals surface area (Å²) < 4.78 is 5.07. The third-order valence-electron chi connectivity index (χ3n) is 2.35. The molecule has 0 atom stereocenters. The van der Waals surface area contributed by atoms with Gasteiger partial charge < -0.3 is 20.3 Å². The molecule has 21 heavy (non-hydrogen) atoms. The van der Waals surface area contributed by atoms with Gasteiger partial charge in [-0.05, 0) is 32.9 Å². The molecule has 1 aromatic carbocycles. The minimum atomic E-state index is -1.39. The van der Waals surface area contributed by atoms with Crippen LogP contribution in [0, 0.1) is 0 Å². The van der Waals surface area contributed by atoms with Crippen LogP contribution in [-0.2, 0) is 9.53 Å². The second-order valence-electron chi connectivity index (χ2n) is 5.28. The largest absolute Gasteiger partial charge is 0.478 e. The minimum absolute atomic E-state index is 0.0493. The highest BCUT2D eigenvalue weighted by Gasteiger charge is 2.21. The van der Waals surface area contributed by atoms with Crippen LogP contribution in [0.15, 0.2) is 18.2 Å². The maximum absolute atomic E-state index is 11.6. The number of benzene rings is 1. The molecule has 0 aliphatic rings. The summed E-state index contributed by atoms with van der Waals surface area (Å²) in [6.45, 7) is 4.86. The number of aromatic carboxylic acids is 2. The van der Waals surface area contributed by atoms with Crippen molar-refractivity contribution in [2.75, 3.05) is 11.9 Å². The summed E-state index contributed by atoms with van der Waals surface area (Å²) in [4.78, 5) is 33.8. The Morgan fingerprint density at radius 3 is 2.24 bits per heavy atom. The van der Waals surface area contributed by atoms with E-state index in [9.17, 15) is 14.4 Å². The van der Waals surface area contributed by atoms with E-state index in [1.54, 1.807) is 20.8 Å². The first-order valence-electron chi connectivity index (χ1n) is 6.17. The number of nitrogens with one attached hydrogen (secondary N) is 1. The molecule has 7 heteroatoms. The van der Waals surface area contributed by atoms with Crippen LogP contribution in [0.25, 0.3) is 0 Å². The second-order valence-corrected chi connectivity index (χ2v) is 5.28. The predicted molar refractivity (Wildman–Crippen MR) is 74.7 cm³/mol. The lowest BCUT2D eigenvalue weighted by molar-refractivity contribution is -0.152. The van der Waals surface area contributed by atoms with E-state index >= 15 is 0 Å². The first-order valence-corrected chi connectivity index (χ1v) is 6.17. The van der Waals surface area contributed by atoms with Crippen molar-refractivity contribution in [2.45, 2.75) is 26.4 Å². The van der Waals surface area contributed by atoms with Crippen LogP contribution in [0.2, 0.25) is 0 Å². The number of ether oxygens (including phenoxy) is 1. The number of carboxylic acid groups (broad SMARTS) is 2. The van der Waals surface area contributed by atoms with Gasteiger partial charge in [0.15, 0.2) is 0 Å². The fraction of sp³-hybridized carbons (Fsp3) is 0.357. The van der Waals surface area contributed by atoms with E-state index in [2.05, 4.69) is 5.32 Å². The molecule has 0 saturated heterocycles. The molecule has 0 fully saturated rings. The lowest BCUT2D eigenvalue weighted by Crippen LogP contribution is -2.28. The predicted octanol–water partition coefficient (Wildman–Crippen LogP) is 1.84. The summed E-state index contributed by atoms with van der Waals surface area (Å²) >= 11 is 0. The van der Waals surface area contributed by atoms with Crippen LogP contribution in [0.5, 0.6) is 0 Å². The van der Waals surface area contributed by atoms with Crippen LogP contribution >= 0.6 is 0 Å². The van der Waals surface area contributed by atoms with Crippen molar-refractivity contribution in [2.24, 2.45) is 0 Å². The summed E-state index contributed by atoms with van der Waals surface area (Å²) in [5, 5.41) is 20.7. The van der Waals surface area contributed by atoms with Crippen LogP contribution in [-0.4, -0.2) is 40.3 Å². The zero-order valence-electron chi connectivity index (χ0n) is 12.0. The summed E-state index contributed by atoms with van der Waals surface area (Å²) in [7, 11) is 0. The Bertz CT molecular complexity index is 573. The summed E-state index contributed by atoms with van der Waals surface area (Å²) in [5.41, 5.74) is -1.35. The van der Waals surface area contributed by atoms with Gasteiger partial charge in [0.2, 0.25) is 0 Å². The van der Waals surface area contributed by atoms with Crippen molar-refractivity contribution in [3.8, 4) is 0 Å². The topological polar surface area (TPSA) is 113 Å². The van der Waals surface area contributed by atoms with Gasteiger partial charge in [-0.2, -0.15) is 0 Å². The van der Waals surface area contributed by atoms with Crippen LogP contribution in [0.4, 0.5) is 5.69 Å². The molecule has 3 N–H and O–H groups in total. The monoisotopic (exact) mass is 295 g/mol. The van der Waals surface area contributed by atoms with Gasteiger partial charge in [-0.3, -0.25) is 4.79 Å². The number of carbonyl (C=O) groups excluding carboxylic acids is 1. The van der Waals surface area contributed by atoms with Crippen molar-refractivity contribution in [3.63, 3.8) is 0 Å². The van der Waals surface area contributed by atoms with E-state index in [0.29, 0.717) is 0 Å². The van der Waals surface area contributed by atoms with Crippen molar-refractivity contribution < 1.29 is 29.3 Å². The summed E-state index contributed by atoms with van der Waals surface area (Å²) in [6, 6.07) is 3.97. The Labute approximate surface area is 121 Å². The van der Waals surface area contributed by atoms with E-state index in [0.717, 1.165) is 0 Å². The molecule has 0 unspecified atom stereocenters. The average molecular weight is 295 g/mol. The molecule has 0 spiro atoms. The maximum atomic E-state index is 11.6. The number of carboxylic acids is 2. The lowest BCUT2D eigenvalue weighted by Gasteiger charge is -2.20. The highest BCUT2D eigenvalue weighted by Crippen LogP contribution is 2.20. The molecular formula is C14H17NO6. The normalized spacial score (nSPS) is 10.8. The SMILES string of the molecule is CC(C)(C)OC(=O)CNc1cccc(C(=O)O)c1C(=O)O. The van der Waals surface area contributed by atoms with Crippen molar-refractivity contribution >= 4 is 23.6 Å². The van der Waals surface area contributed by atoms with Gasteiger partial charge in [0.1, 0.15) is 12.1 Å². The van der Waals surface area contributed by atoms with Crippen LogP contribution in [0.3, 0.4) is 0 Å². The molecule has 0 aliphatic heterocycles. The molecule has 1 aromatic rings. The molecule has 0 saturated carbocycles. The fourth-order valence-corrected chi connectivity index (χ4v) is 1.65. The van der Waals surface area contributed by atoms with E-state index in [-0.39, 0.29) is 17.8 Å². The second kappa shape index (κ2) is 6.25. The minimum Gasteiger partial charge on any atom is -0.478 e. The van der Waals surface area contributed by atoms with Gasteiger partial charge in [-0.15, -0.1) is 0 Å². The zero-order valence-corrected chi connectivity index (χ0v) is 12.0. The molecular weight excluding hydrogens is 278 g/mol. The van der Waals surface area contributed by atoms with Crippen molar-refractivity contribution in [3.05, 3.63) is 29.3 Å². The molecule has 0 heterocycles. The van der Waals surface area contributed by atoms with Gasteiger partial charge in [0, 0.05) is 0 Å². The third kappa shape index (κ3) is 4.79. The van der Waals surface area contributed by atoms with E-state index < -0.39 is 29.1 Å². The Morgan fingerprint density at radius 1 is 1.14 bits per heavy atom. The zero-order chi connectivity index (χ0) is 16.2. The summed E-state index contributed by atoms with van der Waals surface area (Å²) in [5.74, 6) is -3.31. The fourth-order valence-electron chi connectivity index (χ4n) is 1.65. The Kier molecular flexibility index (Phi) is 4.91. The number of rotatable bonds is 5. The molecule has 0 aliphatic carbocycles. The number of anilines is 1. The van der Waals surface area contributed by atoms with Gasteiger partial charge in [-0.25, -0.2) is 9.59 Å². The molecule has 7 nitrogen and oxygen atoms in total. The Balaban J connectivity index is 2.94. The van der Waals surface area contributed by atoms with Crippen LogP contribution in [0.1, 0.15) is 41.5 Å². The van der Waals surface area contributed by atoms with Crippen molar-refractivity contribution in [1.82, 2.24) is 0 Å². The number of carbonyl (C=O) groups is 3. The number of hydrogen-bond donors (Lipinski definition) is 3. The standard InChI is InChI=1S/C14H17NO6/c1-14(2,3)21-10(16)7-15-9-6-4-5-8(12(17)18)11(9)13(19)20/h4-6,15H,7H2,1-3H3,(H,17,18)(H,19,20). The van der Waals surface area contributed by atoms with Gasteiger partial charge >= 0.3 is 17.9 Å². The smallest absolute Gasteiger partial charge is 0.338 e. The van der Waals surface area contributed by atoms with E-state index in [1.165, 1.54) is 18.2 Å². The van der Waals surface area contributed by atoms with Gasteiger partial charge in [0.05, 0.1) is 16.8 Å². The highest BCUT2D eigenvalue weighted by molar-refractivity contribution is 6.06. The Hall–Kier alpha value is -2.57. The van der Waals surface area contributed by atoms with Gasteiger partial charge in [0.25, 0.3) is 0 Å². The van der Waals surface area contributed by atoms with E-state index in [4.69, 9.17) is 14.9 Å². The molecule has 114 valence electrons. The van der Waals surface area contributed by atoms with Gasteiger partial charge in [-0.1, -0.05) is 6.07 Å². The first kappa shape index (κ1) is 16.5. The molecule has 1 rings (SSSR count). The molecule has 0 radical (unpaired) electrons. The lowest BCUT2D eigenvalue weighted by atomic mass is 10.1. The Morgan fingerprint density at radius 2 is 1.76 bits per heavy atom. The van der Waals surface area contributed by atoms with E-state index in [1.807, 2.05) is 0 Å². The highest BCUT2D eigenvalue weighted by atomic mass is 16.6. The average Bonchev–Trinajstić information content (AvgIpc) is 2.33. The maximum Gasteiger partial charge on any atom is 0.338 e. The molecule has 0 aromatic heterocycles. The first-order chi connectivity index (χ1) is 9.61. The molecule has 0 amide bonds.